The molecule has 0 spiro atoms. The van der Waals surface area contributed by atoms with E-state index in [-0.39, 0.29) is 5.54 Å². The van der Waals surface area contributed by atoms with Crippen LogP contribution in [0.1, 0.15) is 27.2 Å². The lowest BCUT2D eigenvalue weighted by molar-refractivity contribution is 0.178. The van der Waals surface area contributed by atoms with Gasteiger partial charge in [-0.15, -0.1) is 0 Å². The molecule has 9 heavy (non-hydrogen) atoms. The van der Waals surface area contributed by atoms with Gasteiger partial charge < -0.3 is 0 Å². The van der Waals surface area contributed by atoms with Crippen LogP contribution >= 0.6 is 0 Å². The van der Waals surface area contributed by atoms with Crippen molar-refractivity contribution >= 4 is 0 Å². The zero-order chi connectivity index (χ0) is 7.07. The lowest BCUT2D eigenvalue weighted by atomic mass is 9.98. The van der Waals surface area contributed by atoms with Gasteiger partial charge in [0.25, 0.3) is 0 Å². The first-order chi connectivity index (χ1) is 4.02. The zero-order valence-electron chi connectivity index (χ0n) is 6.52. The molecule has 0 saturated carbocycles. The van der Waals surface area contributed by atoms with Crippen LogP contribution in [-0.2, 0) is 0 Å². The van der Waals surface area contributed by atoms with Gasteiger partial charge in [0.15, 0.2) is 0 Å². The molecule has 0 bridgehead atoms. The fraction of sp³-hybridized carbons (Fsp3) is 1.00. The van der Waals surface area contributed by atoms with Crippen LogP contribution in [0, 0.1) is 5.92 Å². The van der Waals surface area contributed by atoms with E-state index in [1.165, 1.54) is 6.42 Å². The summed E-state index contributed by atoms with van der Waals surface area (Å²) in [6.45, 7) is 7.68. The second kappa shape index (κ2) is 1.96. The third-order valence-corrected chi connectivity index (χ3v) is 2.13. The summed E-state index contributed by atoms with van der Waals surface area (Å²) in [6, 6.07) is 0. The Morgan fingerprint density at radius 2 is 2.11 bits per heavy atom. The van der Waals surface area contributed by atoms with Crippen LogP contribution in [-0.4, -0.2) is 17.1 Å². The first-order valence-electron chi connectivity index (χ1n) is 3.55. The van der Waals surface area contributed by atoms with E-state index in [1.807, 2.05) is 5.01 Å². The third kappa shape index (κ3) is 1.25. The van der Waals surface area contributed by atoms with E-state index in [0.29, 0.717) is 0 Å². The van der Waals surface area contributed by atoms with E-state index in [2.05, 4.69) is 20.8 Å². The second-order valence-electron chi connectivity index (χ2n) is 3.77. The normalized spacial score (nSPS) is 35.3. The first-order valence-corrected chi connectivity index (χ1v) is 3.55. The van der Waals surface area contributed by atoms with E-state index in [1.54, 1.807) is 0 Å². The molecule has 1 rings (SSSR count). The highest BCUT2D eigenvalue weighted by Crippen LogP contribution is 2.28. The number of rotatable bonds is 0. The summed E-state index contributed by atoms with van der Waals surface area (Å²) in [5.74, 6) is 6.50. The number of hydrazine groups is 1. The topological polar surface area (TPSA) is 29.3 Å². The predicted molar refractivity (Wildman–Crippen MR) is 38.8 cm³/mol. The second-order valence-corrected chi connectivity index (χ2v) is 3.77. The summed E-state index contributed by atoms with van der Waals surface area (Å²) in [5.41, 5.74) is 0.236. The quantitative estimate of drug-likeness (QED) is 0.493. The van der Waals surface area contributed by atoms with Gasteiger partial charge in [-0.3, -0.25) is 5.84 Å². The average molecular weight is 128 g/mol. The molecule has 54 valence electrons. The van der Waals surface area contributed by atoms with Gasteiger partial charge in [-0.2, -0.15) is 0 Å². The molecule has 0 amide bonds. The maximum Gasteiger partial charge on any atom is 0.0298 e. The van der Waals surface area contributed by atoms with Crippen LogP contribution in [0.5, 0.6) is 0 Å². The maximum atomic E-state index is 5.74. The van der Waals surface area contributed by atoms with Crippen molar-refractivity contribution in [1.82, 2.24) is 5.01 Å². The number of nitrogens with zero attached hydrogens (tertiary/aromatic N) is 1. The van der Waals surface area contributed by atoms with Gasteiger partial charge in [-0.25, -0.2) is 5.01 Å². The van der Waals surface area contributed by atoms with E-state index in [0.717, 1.165) is 12.5 Å². The summed E-state index contributed by atoms with van der Waals surface area (Å²) < 4.78 is 0. The van der Waals surface area contributed by atoms with Gasteiger partial charge >= 0.3 is 0 Å². The van der Waals surface area contributed by atoms with E-state index in [4.69, 9.17) is 5.84 Å². The van der Waals surface area contributed by atoms with Crippen molar-refractivity contribution in [3.8, 4) is 0 Å². The molecular formula is C7H16N2. The van der Waals surface area contributed by atoms with Crippen LogP contribution in [0.25, 0.3) is 0 Å². The molecule has 2 nitrogen and oxygen atoms in total. The molecule has 1 aliphatic heterocycles. The highest BCUT2D eigenvalue weighted by molar-refractivity contribution is 4.87. The fourth-order valence-corrected chi connectivity index (χ4v) is 1.62. The molecule has 1 unspecified atom stereocenters. The van der Waals surface area contributed by atoms with Crippen molar-refractivity contribution < 1.29 is 0 Å². The van der Waals surface area contributed by atoms with E-state index >= 15 is 0 Å². The summed E-state index contributed by atoms with van der Waals surface area (Å²) in [7, 11) is 0. The van der Waals surface area contributed by atoms with Gasteiger partial charge in [0.1, 0.15) is 0 Å². The number of nitrogens with two attached hydrogens (primary N) is 1. The van der Waals surface area contributed by atoms with Gasteiger partial charge in [0.2, 0.25) is 0 Å². The zero-order valence-corrected chi connectivity index (χ0v) is 6.52. The smallest absolute Gasteiger partial charge is 0.0298 e. The highest BCUT2D eigenvalue weighted by Gasteiger charge is 2.33. The molecule has 0 aromatic heterocycles. The maximum absolute atomic E-state index is 5.74. The summed E-state index contributed by atoms with van der Waals surface area (Å²) >= 11 is 0. The van der Waals surface area contributed by atoms with E-state index in [9.17, 15) is 0 Å². The molecule has 0 aromatic carbocycles. The molecule has 1 aliphatic rings. The van der Waals surface area contributed by atoms with Crippen LogP contribution in [0.4, 0.5) is 0 Å². The third-order valence-electron chi connectivity index (χ3n) is 2.13. The van der Waals surface area contributed by atoms with Crippen LogP contribution in [0.3, 0.4) is 0 Å². The molecule has 1 saturated heterocycles. The van der Waals surface area contributed by atoms with Crippen molar-refractivity contribution in [3.05, 3.63) is 0 Å². The number of hydrogen-bond acceptors (Lipinski definition) is 2. The van der Waals surface area contributed by atoms with Crippen LogP contribution in [0.15, 0.2) is 0 Å². The van der Waals surface area contributed by atoms with Crippen molar-refractivity contribution in [2.75, 3.05) is 6.54 Å². The molecule has 2 N–H and O–H groups in total. The molecule has 2 heteroatoms. The molecule has 1 atom stereocenters. The van der Waals surface area contributed by atoms with Gasteiger partial charge in [0, 0.05) is 12.1 Å². The standard InChI is InChI=1S/C7H16N2/c1-6-4-7(2,3)9(8)5-6/h6H,4-5,8H2,1-3H3. The predicted octanol–water partition coefficient (Wildman–Crippen LogP) is 0.980. The Balaban J connectivity index is 2.58. The highest BCUT2D eigenvalue weighted by atomic mass is 15.4. The minimum Gasteiger partial charge on any atom is -0.268 e. The summed E-state index contributed by atoms with van der Waals surface area (Å²) in [4.78, 5) is 0. The molecule has 0 aromatic rings. The minimum atomic E-state index is 0.236. The summed E-state index contributed by atoms with van der Waals surface area (Å²) in [6.07, 6.45) is 1.23. The average Bonchev–Trinajstić information content (AvgIpc) is 1.79. The van der Waals surface area contributed by atoms with Gasteiger partial charge in [-0.1, -0.05) is 6.92 Å². The van der Waals surface area contributed by atoms with Crippen LogP contribution in [0.2, 0.25) is 0 Å². The Hall–Kier alpha value is -0.0800. The molecule has 0 aliphatic carbocycles. The minimum absolute atomic E-state index is 0.236. The monoisotopic (exact) mass is 128 g/mol. The Bertz CT molecular complexity index is 109. The van der Waals surface area contributed by atoms with Crippen molar-refractivity contribution in [3.63, 3.8) is 0 Å². The fourth-order valence-electron chi connectivity index (χ4n) is 1.62. The SMILES string of the molecule is CC1CN(N)C(C)(C)C1. The largest absolute Gasteiger partial charge is 0.268 e. The molecule has 1 heterocycles. The van der Waals surface area contributed by atoms with Gasteiger partial charge in [0.05, 0.1) is 0 Å². The van der Waals surface area contributed by atoms with Crippen LogP contribution < -0.4 is 5.84 Å². The molecule has 0 radical (unpaired) electrons. The van der Waals surface area contributed by atoms with Crippen molar-refractivity contribution in [1.29, 1.82) is 0 Å². The lowest BCUT2D eigenvalue weighted by Gasteiger charge is -2.26. The first kappa shape index (κ1) is 7.03. The Morgan fingerprint density at radius 3 is 2.22 bits per heavy atom. The van der Waals surface area contributed by atoms with Crippen molar-refractivity contribution in [2.24, 2.45) is 11.8 Å². The van der Waals surface area contributed by atoms with E-state index < -0.39 is 0 Å². The molecular weight excluding hydrogens is 112 g/mol. The Labute approximate surface area is 57.0 Å². The summed E-state index contributed by atoms with van der Waals surface area (Å²) in [5, 5.41) is 1.94. The van der Waals surface area contributed by atoms with Crippen molar-refractivity contribution in [2.45, 2.75) is 32.7 Å². The van der Waals surface area contributed by atoms with Gasteiger partial charge in [-0.05, 0) is 26.2 Å². The lowest BCUT2D eigenvalue weighted by Crippen LogP contribution is -2.43. The Morgan fingerprint density at radius 1 is 1.56 bits per heavy atom. The number of hydrogen-bond donors (Lipinski definition) is 1. The Kier molecular flexibility index (Phi) is 1.53. The molecule has 1 fully saturated rings.